The highest BCUT2D eigenvalue weighted by Gasteiger charge is 2.34. The SMILES string of the molecule is CCSC(O)C(=O)OP(OC(=O)C(O)SCC)OC(=O)C(O)SCC. The van der Waals surface area contributed by atoms with Gasteiger partial charge in [-0.25, -0.2) is 14.4 Å². The quantitative estimate of drug-likeness (QED) is 0.298. The van der Waals surface area contributed by atoms with Crippen molar-refractivity contribution in [2.24, 2.45) is 0 Å². The largest absolute Gasteiger partial charge is 0.537 e. The predicted octanol–water partition coefficient (Wildman–Crippen LogP) is 1.06. The van der Waals surface area contributed by atoms with Crippen LogP contribution in [0.2, 0.25) is 0 Å². The van der Waals surface area contributed by atoms with Crippen molar-refractivity contribution in [1.82, 2.24) is 0 Å². The summed E-state index contributed by atoms with van der Waals surface area (Å²) in [6.07, 6.45) is 0. The van der Waals surface area contributed by atoms with Gasteiger partial charge in [-0.05, 0) is 17.3 Å². The molecule has 3 unspecified atom stereocenters. The molecule has 0 aromatic carbocycles. The van der Waals surface area contributed by atoms with E-state index in [1.54, 1.807) is 20.8 Å². The molecular formula is C12H21O9PS3. The lowest BCUT2D eigenvalue weighted by Gasteiger charge is -2.18. The van der Waals surface area contributed by atoms with E-state index in [1.807, 2.05) is 0 Å². The van der Waals surface area contributed by atoms with Crippen LogP contribution in [0.4, 0.5) is 0 Å². The lowest BCUT2D eigenvalue weighted by atomic mass is 10.7. The lowest BCUT2D eigenvalue weighted by molar-refractivity contribution is -0.148. The summed E-state index contributed by atoms with van der Waals surface area (Å²) in [7, 11) is -2.88. The van der Waals surface area contributed by atoms with Crippen molar-refractivity contribution in [2.75, 3.05) is 17.3 Å². The normalized spacial score (nSPS) is 15.6. The number of hydrogen-bond acceptors (Lipinski definition) is 12. The van der Waals surface area contributed by atoms with Gasteiger partial charge in [0.1, 0.15) is 0 Å². The summed E-state index contributed by atoms with van der Waals surface area (Å²) in [6.45, 7) is 5.09. The molecule has 0 rings (SSSR count). The second-order valence-electron chi connectivity index (χ2n) is 3.88. The van der Waals surface area contributed by atoms with Crippen LogP contribution in [0, 0.1) is 0 Å². The van der Waals surface area contributed by atoms with Crippen LogP contribution in [0.15, 0.2) is 0 Å². The van der Waals surface area contributed by atoms with Crippen molar-refractivity contribution in [3.05, 3.63) is 0 Å². The number of rotatable bonds is 12. The fraction of sp³-hybridized carbons (Fsp3) is 0.750. The van der Waals surface area contributed by atoms with Gasteiger partial charge in [-0.1, -0.05) is 20.8 Å². The van der Waals surface area contributed by atoms with Crippen molar-refractivity contribution in [2.45, 2.75) is 37.1 Å². The van der Waals surface area contributed by atoms with Crippen molar-refractivity contribution in [3.8, 4) is 0 Å². The van der Waals surface area contributed by atoms with Crippen LogP contribution in [0.3, 0.4) is 0 Å². The third-order valence-electron chi connectivity index (χ3n) is 2.07. The van der Waals surface area contributed by atoms with Gasteiger partial charge in [0.25, 0.3) is 0 Å². The molecule has 0 aliphatic heterocycles. The Bertz CT molecular complexity index is 378. The first kappa shape index (κ1) is 24.8. The smallest absolute Gasteiger partial charge is 0.372 e. The molecule has 0 saturated carbocycles. The maximum atomic E-state index is 11.7. The van der Waals surface area contributed by atoms with E-state index in [0.29, 0.717) is 17.3 Å². The maximum absolute atomic E-state index is 11.7. The molecule has 13 heteroatoms. The van der Waals surface area contributed by atoms with Gasteiger partial charge < -0.3 is 28.9 Å². The van der Waals surface area contributed by atoms with Crippen LogP contribution in [0.5, 0.6) is 0 Å². The van der Waals surface area contributed by atoms with Crippen LogP contribution in [0.1, 0.15) is 20.8 Å². The number of aliphatic hydroxyl groups is 3. The Morgan fingerprint density at radius 1 is 0.720 bits per heavy atom. The number of carbonyl (C=O) groups is 3. The van der Waals surface area contributed by atoms with Gasteiger partial charge in [0.05, 0.1) is 0 Å². The molecule has 0 amide bonds. The average molecular weight is 436 g/mol. The van der Waals surface area contributed by atoms with E-state index in [-0.39, 0.29) is 0 Å². The molecule has 0 fully saturated rings. The first-order chi connectivity index (χ1) is 11.8. The highest BCUT2D eigenvalue weighted by Crippen LogP contribution is 2.42. The van der Waals surface area contributed by atoms with E-state index in [2.05, 4.69) is 0 Å². The van der Waals surface area contributed by atoms with Gasteiger partial charge in [0.2, 0.25) is 0 Å². The van der Waals surface area contributed by atoms with E-state index < -0.39 is 42.8 Å². The topological polar surface area (TPSA) is 140 Å². The zero-order valence-electron chi connectivity index (χ0n) is 13.8. The summed E-state index contributed by atoms with van der Waals surface area (Å²) in [4.78, 5) is 35.1. The van der Waals surface area contributed by atoms with Crippen LogP contribution < -0.4 is 0 Å². The Hall–Kier alpha value is -0.230. The first-order valence-electron chi connectivity index (χ1n) is 7.11. The Labute approximate surface area is 159 Å². The summed E-state index contributed by atoms with van der Waals surface area (Å²) >= 11 is 2.55. The maximum Gasteiger partial charge on any atom is 0.537 e. The Morgan fingerprint density at radius 3 is 1.16 bits per heavy atom. The molecule has 9 nitrogen and oxygen atoms in total. The average Bonchev–Trinajstić information content (AvgIpc) is 2.55. The molecule has 0 spiro atoms. The monoisotopic (exact) mass is 436 g/mol. The van der Waals surface area contributed by atoms with Gasteiger partial charge in [-0.2, -0.15) is 0 Å². The number of aliphatic hydroxyl groups excluding tert-OH is 3. The van der Waals surface area contributed by atoms with E-state index in [9.17, 15) is 29.7 Å². The van der Waals surface area contributed by atoms with Gasteiger partial charge in [-0.15, -0.1) is 35.3 Å². The lowest BCUT2D eigenvalue weighted by Crippen LogP contribution is -2.25. The first-order valence-corrected chi connectivity index (χ1v) is 11.3. The molecule has 0 heterocycles. The van der Waals surface area contributed by atoms with Gasteiger partial charge in [0.15, 0.2) is 16.3 Å². The third kappa shape index (κ3) is 10.5. The Kier molecular flexibility index (Phi) is 13.8. The predicted molar refractivity (Wildman–Crippen MR) is 97.6 cm³/mol. The van der Waals surface area contributed by atoms with Gasteiger partial charge >= 0.3 is 26.5 Å². The molecule has 0 aromatic rings. The molecule has 0 saturated heterocycles. The molecule has 0 aromatic heterocycles. The summed E-state index contributed by atoms with van der Waals surface area (Å²) in [5.41, 5.74) is -4.67. The minimum atomic E-state index is -2.88. The van der Waals surface area contributed by atoms with E-state index in [4.69, 9.17) is 13.6 Å². The van der Waals surface area contributed by atoms with E-state index in [1.165, 1.54) is 0 Å². The Balaban J connectivity index is 4.94. The highest BCUT2D eigenvalue weighted by atomic mass is 32.2. The van der Waals surface area contributed by atoms with Crippen LogP contribution >= 0.6 is 43.9 Å². The summed E-state index contributed by atoms with van der Waals surface area (Å²) in [6, 6.07) is 0. The summed E-state index contributed by atoms with van der Waals surface area (Å²) in [5.74, 6) is -2.29. The van der Waals surface area contributed by atoms with Gasteiger partial charge in [-0.3, -0.25) is 0 Å². The van der Waals surface area contributed by atoms with Crippen molar-refractivity contribution >= 4 is 61.8 Å². The van der Waals surface area contributed by atoms with Crippen LogP contribution in [-0.4, -0.2) is 66.8 Å². The number of hydrogen-bond donors (Lipinski definition) is 3. The van der Waals surface area contributed by atoms with E-state index in [0.717, 1.165) is 35.3 Å². The van der Waals surface area contributed by atoms with Gasteiger partial charge in [0, 0.05) is 0 Å². The minimum absolute atomic E-state index is 0.408. The minimum Gasteiger partial charge on any atom is -0.372 e. The standard InChI is InChI=1S/C12H21O9PS3/c1-4-23-10(16)7(13)19-22(20-8(14)11(17)24-5-2)21-9(15)12(18)25-6-3/h10-12,16-18H,4-6H2,1-3H3. The number of thioether (sulfide) groups is 3. The molecular weight excluding hydrogens is 415 g/mol. The summed E-state index contributed by atoms with van der Waals surface area (Å²) < 4.78 is 14.1. The molecule has 0 bridgehead atoms. The third-order valence-corrected chi connectivity index (χ3v) is 5.58. The Morgan fingerprint density at radius 2 is 0.960 bits per heavy atom. The molecule has 3 atom stereocenters. The fourth-order valence-electron chi connectivity index (χ4n) is 1.09. The second-order valence-corrected chi connectivity index (χ2v) is 8.94. The van der Waals surface area contributed by atoms with Crippen LogP contribution in [0.25, 0.3) is 0 Å². The summed E-state index contributed by atoms with van der Waals surface area (Å²) in [5, 5.41) is 28.6. The molecule has 146 valence electrons. The number of carbonyl (C=O) groups excluding carboxylic acids is 3. The zero-order valence-corrected chi connectivity index (χ0v) is 17.2. The highest BCUT2D eigenvalue weighted by molar-refractivity contribution is 8.00. The molecule has 0 aliphatic carbocycles. The van der Waals surface area contributed by atoms with Crippen molar-refractivity contribution in [1.29, 1.82) is 0 Å². The second kappa shape index (κ2) is 13.9. The zero-order chi connectivity index (χ0) is 19.4. The van der Waals surface area contributed by atoms with Crippen molar-refractivity contribution in [3.63, 3.8) is 0 Å². The van der Waals surface area contributed by atoms with E-state index >= 15 is 0 Å². The molecule has 3 N–H and O–H groups in total. The molecule has 0 radical (unpaired) electrons. The molecule has 0 aliphatic rings. The fourth-order valence-corrected chi connectivity index (χ4v) is 3.66. The molecule has 25 heavy (non-hydrogen) atoms. The van der Waals surface area contributed by atoms with Crippen molar-refractivity contribution < 1.29 is 43.3 Å². The van der Waals surface area contributed by atoms with Crippen LogP contribution in [-0.2, 0) is 28.0 Å².